The minimum Gasteiger partial charge on any atom is -0.373 e. The average Bonchev–Trinajstić information content (AvgIpc) is 2.50. The fraction of sp³-hybridized carbons (Fsp3) is 0.647. The van der Waals surface area contributed by atoms with Crippen LogP contribution in [-0.2, 0) is 14.3 Å². The van der Waals surface area contributed by atoms with Crippen LogP contribution in [0.25, 0.3) is 0 Å². The molecule has 0 aromatic rings. The van der Waals surface area contributed by atoms with E-state index in [4.69, 9.17) is 4.74 Å². The molecule has 2 rings (SSSR count). The van der Waals surface area contributed by atoms with Gasteiger partial charge in [-0.25, -0.2) is 0 Å². The van der Waals surface area contributed by atoms with Crippen LogP contribution >= 0.6 is 0 Å². The van der Waals surface area contributed by atoms with Crippen molar-refractivity contribution in [2.45, 2.75) is 45.4 Å². The summed E-state index contributed by atoms with van der Waals surface area (Å²) in [7, 11) is 0. The molecule has 122 valence electrons. The lowest BCUT2D eigenvalue weighted by atomic mass is 9.86. The molecular formula is C17H26N2O3. The Morgan fingerprint density at radius 3 is 2.64 bits per heavy atom. The van der Waals surface area contributed by atoms with Gasteiger partial charge in [0, 0.05) is 12.5 Å². The zero-order valence-electron chi connectivity index (χ0n) is 13.6. The third-order valence-corrected chi connectivity index (χ3v) is 4.71. The Morgan fingerprint density at radius 1 is 1.32 bits per heavy atom. The van der Waals surface area contributed by atoms with E-state index < -0.39 is 0 Å². The van der Waals surface area contributed by atoms with Crippen LogP contribution in [0.15, 0.2) is 24.3 Å². The molecule has 5 nitrogen and oxygen atoms in total. The fourth-order valence-corrected chi connectivity index (χ4v) is 3.37. The Balaban J connectivity index is 2.08. The van der Waals surface area contributed by atoms with Gasteiger partial charge >= 0.3 is 0 Å². The zero-order chi connectivity index (χ0) is 16.1. The van der Waals surface area contributed by atoms with Crippen LogP contribution in [0.4, 0.5) is 0 Å². The van der Waals surface area contributed by atoms with E-state index in [-0.39, 0.29) is 36.6 Å². The van der Waals surface area contributed by atoms with Gasteiger partial charge in [0.1, 0.15) is 0 Å². The van der Waals surface area contributed by atoms with Crippen LogP contribution in [0.2, 0.25) is 0 Å². The Hall–Kier alpha value is -1.62. The highest BCUT2D eigenvalue weighted by Gasteiger charge is 2.41. The topological polar surface area (TPSA) is 58.6 Å². The number of allylic oxidation sites excluding steroid dienone is 2. The molecule has 1 aliphatic carbocycles. The van der Waals surface area contributed by atoms with Gasteiger partial charge < -0.3 is 15.0 Å². The molecule has 0 radical (unpaired) electrons. The highest BCUT2D eigenvalue weighted by atomic mass is 16.5. The molecule has 0 spiro atoms. The summed E-state index contributed by atoms with van der Waals surface area (Å²) in [6.07, 6.45) is 10.1. The lowest BCUT2D eigenvalue weighted by molar-refractivity contribution is -0.187. The first kappa shape index (κ1) is 16.7. The molecule has 2 aliphatic rings. The molecule has 1 saturated heterocycles. The number of rotatable bonds is 7. The molecule has 1 fully saturated rings. The predicted molar refractivity (Wildman–Crippen MR) is 85.1 cm³/mol. The van der Waals surface area contributed by atoms with Gasteiger partial charge in [-0.1, -0.05) is 38.2 Å². The molecule has 2 amide bonds. The summed E-state index contributed by atoms with van der Waals surface area (Å²) in [5.41, 5.74) is 0. The third kappa shape index (κ3) is 3.58. The molecule has 0 aromatic heterocycles. The minimum atomic E-state index is -0.0677. The van der Waals surface area contributed by atoms with E-state index >= 15 is 0 Å². The molecule has 1 aliphatic heterocycles. The van der Waals surface area contributed by atoms with Gasteiger partial charge in [-0.15, -0.1) is 0 Å². The quantitative estimate of drug-likeness (QED) is 0.725. The van der Waals surface area contributed by atoms with E-state index in [1.807, 2.05) is 23.1 Å². The molecular weight excluding hydrogens is 280 g/mol. The van der Waals surface area contributed by atoms with Crippen molar-refractivity contribution in [1.29, 1.82) is 0 Å². The summed E-state index contributed by atoms with van der Waals surface area (Å²) in [5, 5.41) is 2.47. The maximum Gasteiger partial charge on any atom is 0.242 e. The van der Waals surface area contributed by atoms with E-state index in [2.05, 4.69) is 32.2 Å². The molecule has 1 N–H and O–H groups in total. The van der Waals surface area contributed by atoms with Crippen LogP contribution < -0.4 is 5.32 Å². The maximum atomic E-state index is 12.5. The highest BCUT2D eigenvalue weighted by Crippen LogP contribution is 2.32. The van der Waals surface area contributed by atoms with Gasteiger partial charge in [0.25, 0.3) is 0 Å². The smallest absolute Gasteiger partial charge is 0.242 e. The first-order valence-corrected chi connectivity index (χ1v) is 8.05. The Labute approximate surface area is 132 Å². The normalized spacial score (nSPS) is 33.1. The molecule has 1 heterocycles. The number of ether oxygens (including phenoxy) is 1. The van der Waals surface area contributed by atoms with Crippen LogP contribution in [0.5, 0.6) is 0 Å². The number of nitrogens with one attached hydrogen (secondary N) is 1. The lowest BCUT2D eigenvalue weighted by Gasteiger charge is -2.46. The Bertz CT molecular complexity index is 461. The summed E-state index contributed by atoms with van der Waals surface area (Å²) in [6, 6.07) is 0.0166. The second-order valence-corrected chi connectivity index (χ2v) is 6.12. The average molecular weight is 306 g/mol. The van der Waals surface area contributed by atoms with Gasteiger partial charge in [0.2, 0.25) is 12.3 Å². The van der Waals surface area contributed by atoms with Crippen molar-refractivity contribution in [2.24, 2.45) is 11.8 Å². The number of hydrogen-bond acceptors (Lipinski definition) is 3. The summed E-state index contributed by atoms with van der Waals surface area (Å²) in [4.78, 5) is 24.8. The van der Waals surface area contributed by atoms with E-state index in [0.717, 1.165) is 6.42 Å². The van der Waals surface area contributed by atoms with Crippen molar-refractivity contribution >= 4 is 12.3 Å². The molecule has 22 heavy (non-hydrogen) atoms. The molecule has 0 bridgehead atoms. The van der Waals surface area contributed by atoms with Crippen molar-refractivity contribution in [3.63, 3.8) is 0 Å². The lowest BCUT2D eigenvalue weighted by Crippen LogP contribution is -2.57. The van der Waals surface area contributed by atoms with Crippen LogP contribution in [0.3, 0.4) is 0 Å². The van der Waals surface area contributed by atoms with Gasteiger partial charge in [-0.2, -0.15) is 0 Å². The number of carbonyl (C=O) groups excluding carboxylic acids is 2. The van der Waals surface area contributed by atoms with E-state index in [9.17, 15) is 9.59 Å². The molecule has 5 heteroatoms. The van der Waals surface area contributed by atoms with Crippen LogP contribution in [0.1, 0.15) is 27.2 Å². The second-order valence-electron chi connectivity index (χ2n) is 6.12. The summed E-state index contributed by atoms with van der Waals surface area (Å²) >= 11 is 0. The number of carbonyl (C=O) groups is 2. The molecule has 5 unspecified atom stereocenters. The fourth-order valence-electron chi connectivity index (χ4n) is 3.37. The third-order valence-electron chi connectivity index (χ3n) is 4.71. The van der Waals surface area contributed by atoms with Crippen molar-refractivity contribution in [3.05, 3.63) is 24.3 Å². The van der Waals surface area contributed by atoms with E-state index in [1.165, 1.54) is 0 Å². The first-order chi connectivity index (χ1) is 10.6. The van der Waals surface area contributed by atoms with Crippen molar-refractivity contribution in [1.82, 2.24) is 10.2 Å². The van der Waals surface area contributed by atoms with Gasteiger partial charge in [0.05, 0.1) is 24.8 Å². The number of amides is 2. The van der Waals surface area contributed by atoms with Gasteiger partial charge in [-0.05, 0) is 19.3 Å². The summed E-state index contributed by atoms with van der Waals surface area (Å²) < 4.78 is 5.83. The monoisotopic (exact) mass is 306 g/mol. The summed E-state index contributed by atoms with van der Waals surface area (Å²) in [5.74, 6) is 0.678. The first-order valence-electron chi connectivity index (χ1n) is 8.05. The standard InChI is InChI=1S/C17H26N2O3/c1-4-14-13(3)22-16(14)10-19(17(21)9-18-11-20)15-8-6-5-7-12(15)2/h5-8,11-16H,4,9-10H2,1-3H3,(H,18,20). The predicted octanol–water partition coefficient (Wildman–Crippen LogP) is 1.51. The molecule has 0 saturated carbocycles. The zero-order valence-corrected chi connectivity index (χ0v) is 13.6. The number of hydrogen-bond donors (Lipinski definition) is 1. The van der Waals surface area contributed by atoms with Crippen molar-refractivity contribution in [3.8, 4) is 0 Å². The van der Waals surface area contributed by atoms with Crippen molar-refractivity contribution in [2.75, 3.05) is 13.1 Å². The van der Waals surface area contributed by atoms with Crippen LogP contribution in [-0.4, -0.2) is 48.6 Å². The summed E-state index contributed by atoms with van der Waals surface area (Å²) in [6.45, 7) is 6.94. The minimum absolute atomic E-state index is 0.0166. The Kier molecular flexibility index (Phi) is 5.77. The largest absolute Gasteiger partial charge is 0.373 e. The molecule has 5 atom stereocenters. The highest BCUT2D eigenvalue weighted by molar-refractivity contribution is 5.80. The van der Waals surface area contributed by atoms with E-state index in [0.29, 0.717) is 18.9 Å². The second kappa shape index (κ2) is 7.58. The maximum absolute atomic E-state index is 12.5. The van der Waals surface area contributed by atoms with Crippen molar-refractivity contribution < 1.29 is 14.3 Å². The molecule has 0 aromatic carbocycles. The number of nitrogens with zero attached hydrogens (tertiary/aromatic N) is 1. The van der Waals surface area contributed by atoms with Gasteiger partial charge in [-0.3, -0.25) is 9.59 Å². The SMILES string of the molecule is CCC1C(C)OC1CN(C(=O)CNC=O)C1C=CC=CC1C. The van der Waals surface area contributed by atoms with E-state index in [1.54, 1.807) is 0 Å². The Morgan fingerprint density at radius 2 is 2.05 bits per heavy atom. The van der Waals surface area contributed by atoms with Gasteiger partial charge in [0.15, 0.2) is 0 Å². The van der Waals surface area contributed by atoms with Crippen LogP contribution in [0, 0.1) is 11.8 Å².